The molecule has 6 heteroatoms. The molecule has 1 heterocycles. The fraction of sp³-hybridized carbons (Fsp3) is 0.304. The van der Waals surface area contributed by atoms with Crippen molar-refractivity contribution < 1.29 is 19.1 Å². The molecule has 1 aliphatic heterocycles. The number of rotatable bonds is 4. The molecule has 0 saturated heterocycles. The van der Waals surface area contributed by atoms with Gasteiger partial charge in [-0.3, -0.25) is 9.59 Å². The topological polar surface area (TPSA) is 64.6 Å². The Balaban J connectivity index is 1.72. The van der Waals surface area contributed by atoms with Crippen molar-refractivity contribution in [1.82, 2.24) is 5.32 Å². The fourth-order valence-corrected chi connectivity index (χ4v) is 4.44. The number of carbonyl (C=O) groups excluding carboxylic acids is 2. The highest BCUT2D eigenvalue weighted by Crippen LogP contribution is 2.45. The summed E-state index contributed by atoms with van der Waals surface area (Å²) in [5, 5.41) is 3.58. The highest BCUT2D eigenvalue weighted by molar-refractivity contribution is 6.30. The SMILES string of the molecule is COc1ccc(OC)c([C@@H]2CC(=O)C3=C(C2)NC(=O)C[C@H]3c2ccc(Cl)cc2)c1. The number of hydrogen-bond donors (Lipinski definition) is 1. The maximum Gasteiger partial charge on any atom is 0.225 e. The zero-order valence-corrected chi connectivity index (χ0v) is 17.1. The van der Waals surface area contributed by atoms with Gasteiger partial charge in [-0.1, -0.05) is 23.7 Å². The van der Waals surface area contributed by atoms with E-state index in [0.717, 1.165) is 11.1 Å². The summed E-state index contributed by atoms with van der Waals surface area (Å²) in [6, 6.07) is 12.9. The van der Waals surface area contributed by atoms with E-state index in [1.165, 1.54) is 0 Å². The van der Waals surface area contributed by atoms with Gasteiger partial charge in [0.1, 0.15) is 11.5 Å². The summed E-state index contributed by atoms with van der Waals surface area (Å²) >= 11 is 6.01. The molecule has 2 aliphatic rings. The van der Waals surface area contributed by atoms with Gasteiger partial charge in [0, 0.05) is 46.5 Å². The van der Waals surface area contributed by atoms with E-state index in [9.17, 15) is 9.59 Å². The number of nitrogens with one attached hydrogen (secondary N) is 1. The van der Waals surface area contributed by atoms with E-state index in [-0.39, 0.29) is 29.9 Å². The Bertz CT molecular complexity index is 996. The number of methoxy groups -OCH3 is 2. The summed E-state index contributed by atoms with van der Waals surface area (Å²) in [5.74, 6) is 1.08. The molecular formula is C23H22ClNO4. The van der Waals surface area contributed by atoms with Crippen LogP contribution in [0.2, 0.25) is 5.02 Å². The van der Waals surface area contributed by atoms with Crippen LogP contribution in [0.1, 0.15) is 42.2 Å². The van der Waals surface area contributed by atoms with Gasteiger partial charge in [-0.2, -0.15) is 0 Å². The first-order chi connectivity index (χ1) is 14.0. The van der Waals surface area contributed by atoms with E-state index < -0.39 is 0 Å². The van der Waals surface area contributed by atoms with Crippen LogP contribution in [0, 0.1) is 0 Å². The number of allylic oxidation sites excluding steroid dienone is 2. The summed E-state index contributed by atoms with van der Waals surface area (Å²) in [4.78, 5) is 25.6. The van der Waals surface area contributed by atoms with Gasteiger partial charge in [-0.15, -0.1) is 0 Å². The van der Waals surface area contributed by atoms with Crippen molar-refractivity contribution in [2.75, 3.05) is 14.2 Å². The van der Waals surface area contributed by atoms with Crippen LogP contribution in [-0.4, -0.2) is 25.9 Å². The molecule has 5 nitrogen and oxygen atoms in total. The Kier molecular flexibility index (Phi) is 5.33. The molecule has 2 aromatic rings. The predicted octanol–water partition coefficient (Wildman–Crippen LogP) is 4.36. The zero-order valence-electron chi connectivity index (χ0n) is 16.3. The Morgan fingerprint density at radius 1 is 0.966 bits per heavy atom. The van der Waals surface area contributed by atoms with Crippen molar-refractivity contribution >= 4 is 23.3 Å². The lowest BCUT2D eigenvalue weighted by Gasteiger charge is -2.35. The molecule has 0 fully saturated rings. The Hall–Kier alpha value is -2.79. The fourth-order valence-electron chi connectivity index (χ4n) is 4.32. The number of halogens is 1. The van der Waals surface area contributed by atoms with Gasteiger partial charge in [0.05, 0.1) is 14.2 Å². The Morgan fingerprint density at radius 2 is 1.72 bits per heavy atom. The standard InChI is InChI=1S/C23H22ClNO4/c1-28-16-7-8-21(29-2)17(11-16)14-9-19-23(20(26)10-14)18(12-22(27)25-19)13-3-5-15(24)6-4-13/h3-8,11,14,18H,9-10,12H2,1-2H3,(H,25,27)/t14-,18-/m0/s1. The number of ether oxygens (including phenoxy) is 2. The number of amides is 1. The quantitative estimate of drug-likeness (QED) is 0.811. The highest BCUT2D eigenvalue weighted by Gasteiger charge is 2.38. The van der Waals surface area contributed by atoms with E-state index in [4.69, 9.17) is 21.1 Å². The van der Waals surface area contributed by atoms with E-state index in [2.05, 4.69) is 5.32 Å². The average Bonchev–Trinajstić information content (AvgIpc) is 2.72. The number of Topliss-reactive ketones (excluding diaryl/α,β-unsaturated/α-hetero) is 1. The predicted molar refractivity (Wildman–Crippen MR) is 111 cm³/mol. The summed E-state index contributed by atoms with van der Waals surface area (Å²) in [5.41, 5.74) is 3.27. The third-order valence-corrected chi connectivity index (χ3v) is 5.94. The first kappa shape index (κ1) is 19.5. The second kappa shape index (κ2) is 7.91. The van der Waals surface area contributed by atoms with Crippen LogP contribution in [-0.2, 0) is 9.59 Å². The summed E-state index contributed by atoms with van der Waals surface area (Å²) in [6.45, 7) is 0. The van der Waals surface area contributed by atoms with Crippen molar-refractivity contribution in [2.45, 2.75) is 31.1 Å². The first-order valence-corrected chi connectivity index (χ1v) is 9.91. The number of benzene rings is 2. The van der Waals surface area contributed by atoms with Gasteiger partial charge in [0.2, 0.25) is 5.91 Å². The largest absolute Gasteiger partial charge is 0.497 e. The van der Waals surface area contributed by atoms with Crippen LogP contribution in [0.15, 0.2) is 53.7 Å². The normalized spacial score (nSPS) is 21.5. The smallest absolute Gasteiger partial charge is 0.225 e. The minimum absolute atomic E-state index is 0.0565. The molecule has 150 valence electrons. The van der Waals surface area contributed by atoms with E-state index >= 15 is 0 Å². The van der Waals surface area contributed by atoms with Crippen molar-refractivity contribution in [2.24, 2.45) is 0 Å². The van der Waals surface area contributed by atoms with E-state index in [1.807, 2.05) is 30.3 Å². The van der Waals surface area contributed by atoms with Gasteiger partial charge < -0.3 is 14.8 Å². The van der Waals surface area contributed by atoms with Crippen LogP contribution >= 0.6 is 11.6 Å². The van der Waals surface area contributed by atoms with Crippen LogP contribution in [0.5, 0.6) is 11.5 Å². The molecule has 0 bridgehead atoms. The molecule has 0 aromatic heterocycles. The van der Waals surface area contributed by atoms with E-state index in [1.54, 1.807) is 26.4 Å². The van der Waals surface area contributed by atoms with Gasteiger partial charge in [-0.25, -0.2) is 0 Å². The lowest BCUT2D eigenvalue weighted by molar-refractivity contribution is -0.122. The maximum absolute atomic E-state index is 13.2. The van der Waals surface area contributed by atoms with Crippen molar-refractivity contribution in [1.29, 1.82) is 0 Å². The number of ketones is 1. The van der Waals surface area contributed by atoms with Crippen LogP contribution in [0.4, 0.5) is 0 Å². The third kappa shape index (κ3) is 3.75. The summed E-state index contributed by atoms with van der Waals surface area (Å²) < 4.78 is 10.9. The molecule has 1 N–H and O–H groups in total. The molecule has 0 radical (unpaired) electrons. The Morgan fingerprint density at radius 3 is 2.41 bits per heavy atom. The minimum atomic E-state index is -0.239. The van der Waals surface area contributed by atoms with E-state index in [0.29, 0.717) is 40.6 Å². The molecule has 1 amide bonds. The monoisotopic (exact) mass is 411 g/mol. The lowest BCUT2D eigenvalue weighted by Crippen LogP contribution is -2.38. The van der Waals surface area contributed by atoms with Crippen molar-refractivity contribution in [3.8, 4) is 11.5 Å². The van der Waals surface area contributed by atoms with Crippen LogP contribution in [0.3, 0.4) is 0 Å². The molecule has 4 rings (SSSR count). The molecule has 2 aromatic carbocycles. The molecule has 1 aliphatic carbocycles. The van der Waals surface area contributed by atoms with Gasteiger partial charge in [0.15, 0.2) is 5.78 Å². The summed E-state index contributed by atoms with van der Waals surface area (Å²) in [7, 11) is 3.22. The van der Waals surface area contributed by atoms with Gasteiger partial charge in [-0.05, 0) is 42.3 Å². The molecule has 0 saturated carbocycles. The number of hydrogen-bond acceptors (Lipinski definition) is 4. The first-order valence-electron chi connectivity index (χ1n) is 9.53. The lowest BCUT2D eigenvalue weighted by atomic mass is 9.73. The van der Waals surface area contributed by atoms with Gasteiger partial charge in [0.25, 0.3) is 0 Å². The minimum Gasteiger partial charge on any atom is -0.497 e. The van der Waals surface area contributed by atoms with Crippen molar-refractivity contribution in [3.05, 3.63) is 69.9 Å². The average molecular weight is 412 g/mol. The third-order valence-electron chi connectivity index (χ3n) is 5.69. The number of carbonyl (C=O) groups is 2. The Labute approximate surface area is 174 Å². The second-order valence-corrected chi connectivity index (χ2v) is 7.82. The maximum atomic E-state index is 13.2. The highest BCUT2D eigenvalue weighted by atomic mass is 35.5. The van der Waals surface area contributed by atoms with Crippen LogP contribution < -0.4 is 14.8 Å². The van der Waals surface area contributed by atoms with Crippen LogP contribution in [0.25, 0.3) is 0 Å². The molecular weight excluding hydrogens is 390 g/mol. The molecule has 0 unspecified atom stereocenters. The van der Waals surface area contributed by atoms with Crippen molar-refractivity contribution in [3.63, 3.8) is 0 Å². The molecule has 2 atom stereocenters. The zero-order chi connectivity index (χ0) is 20.5. The van der Waals surface area contributed by atoms with Gasteiger partial charge >= 0.3 is 0 Å². The second-order valence-electron chi connectivity index (χ2n) is 7.38. The molecule has 29 heavy (non-hydrogen) atoms. The molecule has 0 spiro atoms. The summed E-state index contributed by atoms with van der Waals surface area (Å²) in [6.07, 6.45) is 1.20.